The first-order chi connectivity index (χ1) is 13.5. The number of nitrogens with one attached hydrogen (secondary N) is 1. The molecule has 144 valence electrons. The van der Waals surface area contributed by atoms with Crippen LogP contribution in [0.25, 0.3) is 11.4 Å². The largest absolute Gasteiger partial charge is 0.353 e. The normalized spacial score (nSPS) is 16.9. The van der Waals surface area contributed by atoms with Gasteiger partial charge in [0.15, 0.2) is 5.69 Å². The van der Waals surface area contributed by atoms with Crippen LogP contribution in [-0.4, -0.2) is 55.8 Å². The second-order valence-corrected chi connectivity index (χ2v) is 6.68. The third-order valence-electron chi connectivity index (χ3n) is 4.79. The van der Waals surface area contributed by atoms with E-state index in [-0.39, 0.29) is 18.2 Å². The number of nitrogens with zero attached hydrogens (tertiary/aromatic N) is 5. The Morgan fingerprint density at radius 3 is 2.82 bits per heavy atom. The molecule has 1 unspecified atom stereocenters. The molecule has 3 heterocycles. The van der Waals surface area contributed by atoms with Gasteiger partial charge in [0.05, 0.1) is 6.42 Å². The third kappa shape index (κ3) is 3.38. The van der Waals surface area contributed by atoms with Crippen LogP contribution < -0.4 is 5.32 Å². The average molecular weight is 380 g/mol. The number of aromatic nitrogens is 4. The fraction of sp³-hybridized carbons (Fsp3) is 0.316. The monoisotopic (exact) mass is 380 g/mol. The van der Waals surface area contributed by atoms with E-state index in [1.165, 1.54) is 4.90 Å². The molecule has 1 aliphatic heterocycles. The van der Waals surface area contributed by atoms with Gasteiger partial charge in [0.2, 0.25) is 17.6 Å². The van der Waals surface area contributed by atoms with E-state index in [4.69, 9.17) is 4.52 Å². The summed E-state index contributed by atoms with van der Waals surface area (Å²) in [6.07, 6.45) is 0.142. The van der Waals surface area contributed by atoms with Crippen LogP contribution in [0.2, 0.25) is 0 Å². The Morgan fingerprint density at radius 1 is 1.32 bits per heavy atom. The van der Waals surface area contributed by atoms with E-state index in [0.717, 1.165) is 11.3 Å². The summed E-state index contributed by atoms with van der Waals surface area (Å²) in [4.78, 5) is 31.3. The number of carbonyl (C=O) groups is 2. The van der Waals surface area contributed by atoms with Gasteiger partial charge in [-0.2, -0.15) is 10.1 Å². The van der Waals surface area contributed by atoms with Crippen molar-refractivity contribution in [1.82, 2.24) is 30.1 Å². The summed E-state index contributed by atoms with van der Waals surface area (Å²) in [5.41, 5.74) is 2.00. The first kappa shape index (κ1) is 17.9. The van der Waals surface area contributed by atoms with Crippen molar-refractivity contribution in [2.24, 2.45) is 7.05 Å². The Hall–Kier alpha value is -3.49. The lowest BCUT2D eigenvalue weighted by molar-refractivity contribution is -0.128. The Kier molecular flexibility index (Phi) is 4.64. The highest BCUT2D eigenvalue weighted by Gasteiger charge is 2.36. The smallest absolute Gasteiger partial charge is 0.275 e. The molecule has 1 fully saturated rings. The molecule has 9 nitrogen and oxygen atoms in total. The Morgan fingerprint density at radius 2 is 2.11 bits per heavy atom. The van der Waals surface area contributed by atoms with Crippen molar-refractivity contribution >= 4 is 11.8 Å². The molecule has 0 saturated carbocycles. The summed E-state index contributed by atoms with van der Waals surface area (Å²) in [6, 6.07) is 10.4. The van der Waals surface area contributed by atoms with Crippen LogP contribution in [0.3, 0.4) is 0 Å². The minimum absolute atomic E-state index is 0.142. The van der Waals surface area contributed by atoms with Gasteiger partial charge in [0.25, 0.3) is 5.91 Å². The molecule has 2 aromatic heterocycles. The van der Waals surface area contributed by atoms with Gasteiger partial charge in [-0.1, -0.05) is 35.5 Å². The van der Waals surface area contributed by atoms with Crippen LogP contribution >= 0.6 is 0 Å². The van der Waals surface area contributed by atoms with E-state index in [1.807, 2.05) is 37.3 Å². The maximum Gasteiger partial charge on any atom is 0.275 e. The van der Waals surface area contributed by atoms with Crippen LogP contribution in [0, 0.1) is 6.92 Å². The lowest BCUT2D eigenvalue weighted by Crippen LogP contribution is -2.58. The number of hydrogen-bond donors (Lipinski definition) is 1. The molecule has 1 atom stereocenters. The molecule has 9 heteroatoms. The van der Waals surface area contributed by atoms with Crippen LogP contribution in [0.5, 0.6) is 0 Å². The molecule has 1 saturated heterocycles. The van der Waals surface area contributed by atoms with Crippen LogP contribution in [0.4, 0.5) is 0 Å². The van der Waals surface area contributed by atoms with Crippen molar-refractivity contribution in [2.75, 3.05) is 13.1 Å². The summed E-state index contributed by atoms with van der Waals surface area (Å²) >= 11 is 0. The predicted octanol–water partition coefficient (Wildman–Crippen LogP) is 0.962. The number of hydrogen-bond acceptors (Lipinski definition) is 6. The molecule has 1 N–H and O–H groups in total. The van der Waals surface area contributed by atoms with Crippen LogP contribution in [0.1, 0.15) is 22.1 Å². The average Bonchev–Trinajstić information content (AvgIpc) is 3.30. The predicted molar refractivity (Wildman–Crippen MR) is 99.2 cm³/mol. The highest BCUT2D eigenvalue weighted by atomic mass is 16.5. The number of carbonyl (C=O) groups excluding carboxylic acids is 2. The molecule has 0 aliphatic carbocycles. The molecule has 4 rings (SSSR count). The van der Waals surface area contributed by atoms with Crippen molar-refractivity contribution in [1.29, 1.82) is 0 Å². The zero-order chi connectivity index (χ0) is 19.7. The highest BCUT2D eigenvalue weighted by Crippen LogP contribution is 2.18. The van der Waals surface area contributed by atoms with Crippen molar-refractivity contribution in [3.05, 3.63) is 53.7 Å². The van der Waals surface area contributed by atoms with Gasteiger partial charge in [-0.05, 0) is 13.0 Å². The van der Waals surface area contributed by atoms with E-state index in [9.17, 15) is 9.59 Å². The first-order valence-corrected chi connectivity index (χ1v) is 9.00. The van der Waals surface area contributed by atoms with Crippen molar-refractivity contribution < 1.29 is 14.1 Å². The zero-order valence-electron chi connectivity index (χ0n) is 15.6. The minimum atomic E-state index is -0.729. The standard InChI is InChI=1S/C19H20N6O3/c1-12-10-14(22-24(12)2)19(27)25-9-8-20-18(26)15(25)11-16-21-17(23-28-16)13-6-4-3-5-7-13/h3-7,10,15H,8-9,11H2,1-2H3,(H,20,26). The first-order valence-electron chi connectivity index (χ1n) is 9.00. The Bertz CT molecular complexity index is 990. The second-order valence-electron chi connectivity index (χ2n) is 6.68. The van der Waals surface area contributed by atoms with Gasteiger partial charge in [0, 0.05) is 31.4 Å². The van der Waals surface area contributed by atoms with E-state index < -0.39 is 6.04 Å². The molecule has 1 aromatic carbocycles. The molecular formula is C19H20N6O3. The molecule has 0 bridgehead atoms. The van der Waals surface area contributed by atoms with Crippen molar-refractivity contribution in [3.8, 4) is 11.4 Å². The van der Waals surface area contributed by atoms with Gasteiger partial charge < -0.3 is 14.7 Å². The quantitative estimate of drug-likeness (QED) is 0.723. The highest BCUT2D eigenvalue weighted by molar-refractivity contribution is 5.97. The molecule has 1 aliphatic rings. The molecule has 0 radical (unpaired) electrons. The van der Waals surface area contributed by atoms with E-state index in [2.05, 4.69) is 20.6 Å². The number of rotatable bonds is 4. The van der Waals surface area contributed by atoms with Crippen molar-refractivity contribution in [3.63, 3.8) is 0 Å². The maximum atomic E-state index is 12.9. The molecule has 3 aromatic rings. The zero-order valence-corrected chi connectivity index (χ0v) is 15.6. The summed E-state index contributed by atoms with van der Waals surface area (Å²) in [7, 11) is 1.77. The van der Waals surface area contributed by atoms with Gasteiger partial charge >= 0.3 is 0 Å². The fourth-order valence-corrected chi connectivity index (χ4v) is 3.18. The summed E-state index contributed by atoms with van der Waals surface area (Å²) in [6.45, 7) is 2.66. The van der Waals surface area contributed by atoms with Gasteiger partial charge in [-0.15, -0.1) is 0 Å². The van der Waals surface area contributed by atoms with E-state index in [1.54, 1.807) is 17.8 Å². The maximum absolute atomic E-state index is 12.9. The molecule has 0 spiro atoms. The van der Waals surface area contributed by atoms with Gasteiger partial charge in [0.1, 0.15) is 6.04 Å². The SMILES string of the molecule is Cc1cc(C(=O)N2CCNC(=O)C2Cc2nc(-c3ccccc3)no2)nn1C. The van der Waals surface area contributed by atoms with Gasteiger partial charge in [-0.25, -0.2) is 0 Å². The molecular weight excluding hydrogens is 360 g/mol. The van der Waals surface area contributed by atoms with Gasteiger partial charge in [-0.3, -0.25) is 14.3 Å². The van der Waals surface area contributed by atoms with Crippen molar-refractivity contribution in [2.45, 2.75) is 19.4 Å². The minimum Gasteiger partial charge on any atom is -0.353 e. The van der Waals surface area contributed by atoms with Crippen LogP contribution in [-0.2, 0) is 18.3 Å². The number of piperazine rings is 1. The lowest BCUT2D eigenvalue weighted by atomic mass is 10.1. The summed E-state index contributed by atoms with van der Waals surface area (Å²) in [5.74, 6) is 0.221. The topological polar surface area (TPSA) is 106 Å². The molecule has 2 amide bonds. The summed E-state index contributed by atoms with van der Waals surface area (Å²) in [5, 5.41) is 11.0. The van der Waals surface area contributed by atoms with E-state index >= 15 is 0 Å². The number of aryl methyl sites for hydroxylation is 2. The Balaban J connectivity index is 1.56. The third-order valence-corrected chi connectivity index (χ3v) is 4.79. The number of amides is 2. The lowest BCUT2D eigenvalue weighted by Gasteiger charge is -2.33. The fourth-order valence-electron chi connectivity index (χ4n) is 3.18. The molecule has 28 heavy (non-hydrogen) atoms. The number of benzene rings is 1. The second kappa shape index (κ2) is 7.26. The van der Waals surface area contributed by atoms with E-state index in [0.29, 0.717) is 30.5 Å². The van der Waals surface area contributed by atoms with Crippen LogP contribution in [0.15, 0.2) is 40.9 Å². The summed E-state index contributed by atoms with van der Waals surface area (Å²) < 4.78 is 6.96. The Labute approximate surface area is 161 Å².